The smallest absolute Gasteiger partial charge is 0.319 e. The second kappa shape index (κ2) is 21.2. The van der Waals surface area contributed by atoms with E-state index in [1.54, 1.807) is 24.3 Å². The number of rotatable bonds is 20. The fraction of sp³-hybridized carbons (Fsp3) is 0.667. The molecule has 4 N–H and O–H groups in total. The first kappa shape index (κ1) is 32.1. The van der Waals surface area contributed by atoms with Crippen molar-refractivity contribution < 1.29 is 28.5 Å². The molecule has 0 bridgehead atoms. The summed E-state index contributed by atoms with van der Waals surface area (Å²) in [6.07, 6.45) is 1.70. The molecule has 0 saturated heterocycles. The highest BCUT2D eigenvalue weighted by Gasteiger charge is 2.10. The highest BCUT2D eigenvalue weighted by Crippen LogP contribution is 2.13. The van der Waals surface area contributed by atoms with Crippen molar-refractivity contribution in [2.24, 2.45) is 0 Å². The van der Waals surface area contributed by atoms with Crippen LogP contribution in [0.3, 0.4) is 0 Å². The van der Waals surface area contributed by atoms with E-state index in [0.717, 1.165) is 24.9 Å². The Hall–Kier alpha value is -1.97. The van der Waals surface area contributed by atoms with E-state index in [9.17, 15) is 9.59 Å². The van der Waals surface area contributed by atoms with Crippen molar-refractivity contribution in [1.29, 1.82) is 0 Å². The molecule has 4 amide bonds. The summed E-state index contributed by atoms with van der Waals surface area (Å²) in [6.45, 7) is 11.5. The molecule has 1 rings (SSSR count). The minimum absolute atomic E-state index is 0.151. The Morgan fingerprint density at radius 1 is 0.667 bits per heavy atom. The van der Waals surface area contributed by atoms with E-state index in [-0.39, 0.29) is 23.9 Å². The van der Waals surface area contributed by atoms with Gasteiger partial charge in [0.1, 0.15) is 30.9 Å². The Morgan fingerprint density at radius 3 is 1.31 bits per heavy atom. The van der Waals surface area contributed by atoms with Gasteiger partial charge in [0.2, 0.25) is 0 Å². The van der Waals surface area contributed by atoms with Gasteiger partial charge in [-0.3, -0.25) is 0 Å². The van der Waals surface area contributed by atoms with Crippen molar-refractivity contribution in [2.75, 3.05) is 50.2 Å². The van der Waals surface area contributed by atoms with Crippen molar-refractivity contribution in [1.82, 2.24) is 10.6 Å². The Balaban J connectivity index is 2.20. The van der Waals surface area contributed by atoms with Gasteiger partial charge in [-0.2, -0.15) is 0 Å². The lowest BCUT2D eigenvalue weighted by atomic mass is 10.3. The molecular weight excluding hydrogens is 496 g/mol. The summed E-state index contributed by atoms with van der Waals surface area (Å²) in [5.74, 6) is -0.301. The summed E-state index contributed by atoms with van der Waals surface area (Å²) < 4.78 is 22.1. The van der Waals surface area contributed by atoms with Gasteiger partial charge in [0.25, 0.3) is 0 Å². The van der Waals surface area contributed by atoms with Crippen LogP contribution in [0.5, 0.6) is 0 Å². The molecular formula is C24H42N4O6Si2. The molecule has 0 saturated carbocycles. The zero-order valence-corrected chi connectivity index (χ0v) is 24.0. The fourth-order valence-corrected chi connectivity index (χ4v) is 5.32. The molecule has 12 heteroatoms. The lowest BCUT2D eigenvalue weighted by Gasteiger charge is -2.16. The standard InChI is InChI=1S/C24H42N4O6Si2/c1-5-31-23(32-6-2)35-17-9-15-25-21(29)27-19-11-13-20(14-12-19)28-22(30)26-16-10-18-36-24(33-7-3)34-8-4/h11-14,23-24H,5-10,15-18H2,1-4H3,(H2,25,27,29)(H2,26,28,30). The summed E-state index contributed by atoms with van der Waals surface area (Å²) in [5, 5.41) is 11.3. The van der Waals surface area contributed by atoms with E-state index in [4.69, 9.17) is 18.9 Å². The zero-order valence-electron chi connectivity index (χ0n) is 22.0. The number of anilines is 2. The lowest BCUT2D eigenvalue weighted by molar-refractivity contribution is -0.0830. The Morgan fingerprint density at radius 2 is 1.00 bits per heavy atom. The summed E-state index contributed by atoms with van der Waals surface area (Å²) in [7, 11) is 1.08. The maximum Gasteiger partial charge on any atom is 0.319 e. The van der Waals surface area contributed by atoms with Crippen LogP contribution < -0.4 is 21.3 Å². The van der Waals surface area contributed by atoms with Crippen molar-refractivity contribution in [3.63, 3.8) is 0 Å². The van der Waals surface area contributed by atoms with Crippen LogP contribution in [0.4, 0.5) is 21.0 Å². The van der Waals surface area contributed by atoms with E-state index < -0.39 is 0 Å². The van der Waals surface area contributed by atoms with E-state index in [0.29, 0.717) is 69.9 Å². The molecule has 0 unspecified atom stereocenters. The van der Waals surface area contributed by atoms with Gasteiger partial charge in [-0.05, 0) is 64.8 Å². The SMILES string of the molecule is CCOC(OCC)[Si]CCCNC(=O)Nc1ccc(NC(=O)NCCC[Si]C(OCC)OCC)cc1. The van der Waals surface area contributed by atoms with Gasteiger partial charge in [0, 0.05) is 50.9 Å². The van der Waals surface area contributed by atoms with Crippen molar-refractivity contribution in [2.45, 2.75) is 64.5 Å². The summed E-state index contributed by atoms with van der Waals surface area (Å²) in [5.41, 5.74) is 1.29. The number of nitrogens with one attached hydrogen (secondary N) is 4. The molecule has 10 nitrogen and oxygen atoms in total. The molecule has 0 aliphatic rings. The average Bonchev–Trinajstić information content (AvgIpc) is 2.85. The number of carbonyl (C=O) groups is 2. The van der Waals surface area contributed by atoms with Gasteiger partial charge in [0.15, 0.2) is 0 Å². The normalized spacial score (nSPS) is 11.1. The number of carbonyl (C=O) groups excluding carboxylic acids is 2. The summed E-state index contributed by atoms with van der Waals surface area (Å²) in [6, 6.07) is 8.30. The third kappa shape index (κ3) is 15.9. The maximum absolute atomic E-state index is 12.1. The molecule has 0 aliphatic heterocycles. The lowest BCUT2D eigenvalue weighted by Crippen LogP contribution is -2.31. The molecule has 0 aromatic heterocycles. The number of amides is 4. The molecule has 0 aliphatic carbocycles. The summed E-state index contributed by atoms with van der Waals surface area (Å²) >= 11 is 0. The molecule has 0 atom stereocenters. The number of ether oxygens (including phenoxy) is 4. The predicted octanol–water partition coefficient (Wildman–Crippen LogP) is 3.67. The van der Waals surface area contributed by atoms with Crippen molar-refractivity contribution in [3.05, 3.63) is 24.3 Å². The summed E-state index contributed by atoms with van der Waals surface area (Å²) in [4.78, 5) is 24.2. The number of urea groups is 2. The van der Waals surface area contributed by atoms with Crippen molar-refractivity contribution >= 4 is 42.5 Å². The quantitative estimate of drug-likeness (QED) is 0.114. The van der Waals surface area contributed by atoms with Gasteiger partial charge in [-0.15, -0.1) is 0 Å². The van der Waals surface area contributed by atoms with Gasteiger partial charge in [-0.1, -0.05) is 12.1 Å². The maximum atomic E-state index is 12.1. The predicted molar refractivity (Wildman–Crippen MR) is 145 cm³/mol. The topological polar surface area (TPSA) is 119 Å². The van der Waals surface area contributed by atoms with E-state index in [2.05, 4.69) is 21.3 Å². The van der Waals surface area contributed by atoms with Crippen LogP contribution in [0.2, 0.25) is 12.1 Å². The molecule has 0 spiro atoms. The first-order valence-electron chi connectivity index (χ1n) is 12.6. The van der Waals surface area contributed by atoms with Crippen LogP contribution in [0.25, 0.3) is 0 Å². The first-order chi connectivity index (χ1) is 17.5. The van der Waals surface area contributed by atoms with Crippen LogP contribution in [-0.2, 0) is 18.9 Å². The van der Waals surface area contributed by atoms with Gasteiger partial charge in [-0.25, -0.2) is 9.59 Å². The number of hydrogen-bond acceptors (Lipinski definition) is 6. The highest BCUT2D eigenvalue weighted by molar-refractivity contribution is 6.36. The van der Waals surface area contributed by atoms with Crippen LogP contribution in [0.1, 0.15) is 40.5 Å². The Bertz CT molecular complexity index is 643. The third-order valence-corrected chi connectivity index (χ3v) is 7.19. The van der Waals surface area contributed by atoms with Crippen LogP contribution >= 0.6 is 0 Å². The molecule has 0 heterocycles. The van der Waals surface area contributed by atoms with Gasteiger partial charge in [0.05, 0.1) is 0 Å². The second-order valence-electron chi connectivity index (χ2n) is 7.44. The zero-order chi connectivity index (χ0) is 26.4. The molecule has 1 aromatic carbocycles. The monoisotopic (exact) mass is 538 g/mol. The Labute approximate surface area is 220 Å². The largest absolute Gasteiger partial charge is 0.357 e. The van der Waals surface area contributed by atoms with Gasteiger partial charge < -0.3 is 40.2 Å². The highest BCUT2D eigenvalue weighted by atomic mass is 28.2. The average molecular weight is 539 g/mol. The molecule has 202 valence electrons. The molecule has 1 aromatic rings. The van der Waals surface area contributed by atoms with Crippen LogP contribution in [-0.4, -0.2) is 82.4 Å². The van der Waals surface area contributed by atoms with E-state index in [1.165, 1.54) is 0 Å². The third-order valence-electron chi connectivity index (χ3n) is 4.57. The Kier molecular flexibility index (Phi) is 18.8. The van der Waals surface area contributed by atoms with Crippen LogP contribution in [0.15, 0.2) is 24.3 Å². The van der Waals surface area contributed by atoms with Crippen molar-refractivity contribution in [3.8, 4) is 0 Å². The molecule has 4 radical (unpaired) electrons. The number of benzene rings is 1. The van der Waals surface area contributed by atoms with E-state index in [1.807, 2.05) is 27.7 Å². The van der Waals surface area contributed by atoms with Gasteiger partial charge >= 0.3 is 12.1 Å². The molecule has 0 fully saturated rings. The molecule has 36 heavy (non-hydrogen) atoms. The fourth-order valence-electron chi connectivity index (χ4n) is 2.95. The first-order valence-corrected chi connectivity index (χ1v) is 15.2. The number of hydrogen-bond donors (Lipinski definition) is 4. The van der Waals surface area contributed by atoms with E-state index >= 15 is 0 Å². The second-order valence-corrected chi connectivity index (χ2v) is 10.2. The minimum Gasteiger partial charge on any atom is -0.357 e. The van der Waals surface area contributed by atoms with Crippen LogP contribution in [0, 0.1) is 0 Å². The minimum atomic E-state index is -0.264.